The van der Waals surface area contributed by atoms with Gasteiger partial charge in [0.2, 0.25) is 0 Å². The number of carbonyl (C=O) groups is 2. The molecule has 16 heavy (non-hydrogen) atoms. The van der Waals surface area contributed by atoms with Crippen molar-refractivity contribution >= 4 is 11.9 Å². The number of hydrogen-bond donors (Lipinski definition) is 0. The predicted molar refractivity (Wildman–Crippen MR) is 55.1 cm³/mol. The van der Waals surface area contributed by atoms with E-state index in [9.17, 15) is 9.59 Å². The first-order chi connectivity index (χ1) is 7.60. The van der Waals surface area contributed by atoms with Crippen molar-refractivity contribution in [1.82, 2.24) is 0 Å². The summed E-state index contributed by atoms with van der Waals surface area (Å²) in [6, 6.07) is 0. The van der Waals surface area contributed by atoms with E-state index in [0.717, 1.165) is 6.08 Å². The van der Waals surface area contributed by atoms with Crippen LogP contribution >= 0.6 is 0 Å². The summed E-state index contributed by atoms with van der Waals surface area (Å²) in [6.07, 6.45) is 1.11. The Kier molecular flexibility index (Phi) is 4.10. The highest BCUT2D eigenvalue weighted by Gasteiger charge is 2.29. The first kappa shape index (κ1) is 12.3. The molecule has 0 atom stereocenters. The second-order valence-electron chi connectivity index (χ2n) is 3.04. The summed E-state index contributed by atoms with van der Waals surface area (Å²) in [5.74, 6) is -0.639. The fourth-order valence-corrected chi connectivity index (χ4v) is 1.21. The molecule has 0 aromatic heterocycles. The van der Waals surface area contributed by atoms with Crippen LogP contribution in [0.15, 0.2) is 23.2 Å². The van der Waals surface area contributed by atoms with Crippen LogP contribution in [0, 0.1) is 0 Å². The molecule has 0 fully saturated rings. The molecule has 5 heteroatoms. The van der Waals surface area contributed by atoms with Crippen LogP contribution in [0.1, 0.15) is 20.8 Å². The number of rotatable bonds is 4. The summed E-state index contributed by atoms with van der Waals surface area (Å²) < 4.78 is 14.8. The summed E-state index contributed by atoms with van der Waals surface area (Å²) in [5.41, 5.74) is 0.359. The van der Waals surface area contributed by atoms with E-state index in [-0.39, 0.29) is 12.4 Å². The van der Waals surface area contributed by atoms with E-state index in [1.165, 1.54) is 0 Å². The zero-order chi connectivity index (χ0) is 12.1. The van der Waals surface area contributed by atoms with E-state index in [1.54, 1.807) is 20.8 Å². The van der Waals surface area contributed by atoms with Crippen LogP contribution in [0.3, 0.4) is 0 Å². The van der Waals surface area contributed by atoms with E-state index in [1.807, 2.05) is 0 Å². The molecule has 0 saturated heterocycles. The molecule has 0 aromatic rings. The van der Waals surface area contributed by atoms with Crippen molar-refractivity contribution < 1.29 is 23.8 Å². The molecule has 0 aromatic carbocycles. The Bertz CT molecular complexity index is 365. The van der Waals surface area contributed by atoms with E-state index in [4.69, 9.17) is 14.2 Å². The van der Waals surface area contributed by atoms with Gasteiger partial charge in [-0.2, -0.15) is 0 Å². The van der Waals surface area contributed by atoms with Gasteiger partial charge in [0, 0.05) is 0 Å². The van der Waals surface area contributed by atoms with Crippen LogP contribution in [-0.4, -0.2) is 25.2 Å². The van der Waals surface area contributed by atoms with Crippen LogP contribution in [0.2, 0.25) is 0 Å². The minimum Gasteiger partial charge on any atom is -0.489 e. The molecule has 0 unspecified atom stereocenters. The highest BCUT2D eigenvalue weighted by molar-refractivity contribution is 5.95. The third-order valence-electron chi connectivity index (χ3n) is 1.90. The van der Waals surface area contributed by atoms with Crippen molar-refractivity contribution in [2.45, 2.75) is 20.8 Å². The Hall–Kier alpha value is -1.78. The summed E-state index contributed by atoms with van der Waals surface area (Å²) in [5, 5.41) is 0. The van der Waals surface area contributed by atoms with Crippen molar-refractivity contribution in [2.24, 2.45) is 0 Å². The van der Waals surface area contributed by atoms with Crippen LogP contribution < -0.4 is 0 Å². The zero-order valence-corrected chi connectivity index (χ0v) is 9.53. The van der Waals surface area contributed by atoms with E-state index >= 15 is 0 Å². The monoisotopic (exact) mass is 226 g/mol. The molecule has 0 N–H and O–H groups in total. The molecule has 0 spiro atoms. The lowest BCUT2D eigenvalue weighted by molar-refractivity contribution is -0.137. The molecule has 0 saturated carbocycles. The van der Waals surface area contributed by atoms with Gasteiger partial charge in [0.15, 0.2) is 11.5 Å². The molecule has 0 bridgehead atoms. The molecule has 5 nitrogen and oxygen atoms in total. The van der Waals surface area contributed by atoms with Crippen molar-refractivity contribution in [3.05, 3.63) is 23.2 Å². The molecule has 0 amide bonds. The molecule has 0 aliphatic carbocycles. The van der Waals surface area contributed by atoms with Crippen LogP contribution in [0.25, 0.3) is 0 Å². The van der Waals surface area contributed by atoms with Crippen molar-refractivity contribution in [3.8, 4) is 0 Å². The topological polar surface area (TPSA) is 61.8 Å². The van der Waals surface area contributed by atoms with Gasteiger partial charge in [0.25, 0.3) is 0 Å². The first-order valence-electron chi connectivity index (χ1n) is 5.04. The van der Waals surface area contributed by atoms with Crippen molar-refractivity contribution in [2.75, 3.05) is 13.2 Å². The Morgan fingerprint density at radius 2 is 2.06 bits per heavy atom. The Morgan fingerprint density at radius 3 is 2.62 bits per heavy atom. The second-order valence-corrected chi connectivity index (χ2v) is 3.04. The third-order valence-corrected chi connectivity index (χ3v) is 1.90. The van der Waals surface area contributed by atoms with Crippen LogP contribution in [0.5, 0.6) is 0 Å². The predicted octanol–water partition coefficient (Wildman–Crippen LogP) is 1.30. The third kappa shape index (κ3) is 2.62. The van der Waals surface area contributed by atoms with Crippen LogP contribution in [0.4, 0.5) is 0 Å². The van der Waals surface area contributed by atoms with Gasteiger partial charge in [-0.25, -0.2) is 9.59 Å². The van der Waals surface area contributed by atoms with E-state index < -0.39 is 11.9 Å². The highest BCUT2D eigenvalue weighted by atomic mass is 16.6. The molecule has 1 aliphatic heterocycles. The quantitative estimate of drug-likeness (QED) is 0.534. The normalized spacial score (nSPS) is 17.7. The summed E-state index contributed by atoms with van der Waals surface area (Å²) >= 11 is 0. The fraction of sp³-hybridized carbons (Fsp3) is 0.455. The number of carbonyl (C=O) groups excluding carboxylic acids is 2. The number of ether oxygens (including phenoxy) is 3. The number of hydrogen-bond acceptors (Lipinski definition) is 5. The zero-order valence-electron chi connectivity index (χ0n) is 9.53. The maximum atomic E-state index is 11.3. The fourth-order valence-electron chi connectivity index (χ4n) is 1.21. The summed E-state index contributed by atoms with van der Waals surface area (Å²) in [4.78, 5) is 22.5. The SMILES string of the molecule is CCOC(=O)/C=C1\OC(=O)C(C)=C1OCC. The number of cyclic esters (lactones) is 1. The van der Waals surface area contributed by atoms with Crippen LogP contribution in [-0.2, 0) is 23.8 Å². The lowest BCUT2D eigenvalue weighted by Crippen LogP contribution is -2.03. The lowest BCUT2D eigenvalue weighted by atomic mass is 10.2. The molecule has 1 aliphatic rings. The van der Waals surface area contributed by atoms with Gasteiger partial charge in [-0.15, -0.1) is 0 Å². The van der Waals surface area contributed by atoms with E-state index in [0.29, 0.717) is 17.9 Å². The number of esters is 2. The maximum absolute atomic E-state index is 11.3. The van der Waals surface area contributed by atoms with Gasteiger partial charge in [0.1, 0.15) is 0 Å². The average molecular weight is 226 g/mol. The second kappa shape index (κ2) is 5.34. The van der Waals surface area contributed by atoms with Gasteiger partial charge in [-0.3, -0.25) is 0 Å². The van der Waals surface area contributed by atoms with Gasteiger partial charge in [-0.1, -0.05) is 0 Å². The molecule has 88 valence electrons. The standard InChI is InChI=1S/C11H14O5/c1-4-14-9(12)6-8-10(15-5-2)7(3)11(13)16-8/h6H,4-5H2,1-3H3/b8-6-. The maximum Gasteiger partial charge on any atom is 0.343 e. The first-order valence-corrected chi connectivity index (χ1v) is 5.04. The van der Waals surface area contributed by atoms with Gasteiger partial charge >= 0.3 is 11.9 Å². The Balaban J connectivity index is 2.90. The van der Waals surface area contributed by atoms with E-state index in [2.05, 4.69) is 0 Å². The Morgan fingerprint density at radius 1 is 1.38 bits per heavy atom. The van der Waals surface area contributed by atoms with Gasteiger partial charge < -0.3 is 14.2 Å². The smallest absolute Gasteiger partial charge is 0.343 e. The van der Waals surface area contributed by atoms with Crippen molar-refractivity contribution in [1.29, 1.82) is 0 Å². The molecule has 0 radical (unpaired) electrons. The summed E-state index contributed by atoms with van der Waals surface area (Å²) in [6.45, 7) is 5.72. The minimum atomic E-state index is -0.558. The van der Waals surface area contributed by atoms with Crippen molar-refractivity contribution in [3.63, 3.8) is 0 Å². The van der Waals surface area contributed by atoms with Gasteiger partial charge in [-0.05, 0) is 20.8 Å². The highest BCUT2D eigenvalue weighted by Crippen LogP contribution is 2.26. The summed E-state index contributed by atoms with van der Waals surface area (Å²) in [7, 11) is 0. The molecular weight excluding hydrogens is 212 g/mol. The molecule has 1 heterocycles. The van der Waals surface area contributed by atoms with Gasteiger partial charge in [0.05, 0.1) is 24.9 Å². The Labute approximate surface area is 93.7 Å². The largest absolute Gasteiger partial charge is 0.489 e. The molecular formula is C11H14O5. The molecule has 1 rings (SSSR count). The average Bonchev–Trinajstić information content (AvgIpc) is 2.47. The lowest BCUT2D eigenvalue weighted by Gasteiger charge is -2.04. The minimum absolute atomic E-state index is 0.114.